The Morgan fingerprint density at radius 1 is 1.29 bits per heavy atom. The molecule has 0 bridgehead atoms. The largest absolute Gasteiger partial charge is 0.390 e. The van der Waals surface area contributed by atoms with Crippen LogP contribution in [0.4, 0.5) is 13.2 Å². The number of halogens is 3. The Morgan fingerprint density at radius 3 is 2.38 bits per heavy atom. The van der Waals surface area contributed by atoms with Crippen molar-refractivity contribution in [1.29, 1.82) is 0 Å². The van der Waals surface area contributed by atoms with Gasteiger partial charge in [0.05, 0.1) is 17.9 Å². The maximum Gasteiger partial charge on any atom is 0.390 e. The molecule has 0 spiro atoms. The van der Waals surface area contributed by atoms with Gasteiger partial charge in [0.25, 0.3) is 0 Å². The highest BCUT2D eigenvalue weighted by Gasteiger charge is 2.42. The van der Waals surface area contributed by atoms with Crippen LogP contribution in [0.5, 0.6) is 0 Å². The van der Waals surface area contributed by atoms with Crippen LogP contribution < -0.4 is 5.32 Å². The molecular weight excluding hydrogens is 303 g/mol. The standard InChI is InChI=1S/C14H18F3NO2S/c1-13(7-8-21(19,20)10-13)18-12(9-14(15,16)17)11-5-3-2-4-6-11/h2-6,12,18H,7-10H2,1H3. The molecule has 0 aromatic heterocycles. The van der Waals surface area contributed by atoms with E-state index in [0.29, 0.717) is 12.0 Å². The molecule has 1 aromatic carbocycles. The Morgan fingerprint density at radius 2 is 1.90 bits per heavy atom. The topological polar surface area (TPSA) is 46.2 Å². The summed E-state index contributed by atoms with van der Waals surface area (Å²) in [5, 5.41) is 2.92. The van der Waals surface area contributed by atoms with Gasteiger partial charge in [0, 0.05) is 11.6 Å². The van der Waals surface area contributed by atoms with E-state index < -0.39 is 34.0 Å². The van der Waals surface area contributed by atoms with Gasteiger partial charge in [-0.2, -0.15) is 13.2 Å². The molecule has 1 aliphatic heterocycles. The summed E-state index contributed by atoms with van der Waals surface area (Å²) >= 11 is 0. The lowest BCUT2D eigenvalue weighted by Gasteiger charge is -2.31. The third-order valence-corrected chi connectivity index (χ3v) is 5.57. The molecule has 0 radical (unpaired) electrons. The third kappa shape index (κ3) is 4.71. The average molecular weight is 321 g/mol. The van der Waals surface area contributed by atoms with Gasteiger partial charge in [-0.3, -0.25) is 0 Å². The van der Waals surface area contributed by atoms with Crippen LogP contribution >= 0.6 is 0 Å². The molecule has 1 aromatic rings. The van der Waals surface area contributed by atoms with Gasteiger partial charge in [-0.05, 0) is 18.9 Å². The first kappa shape index (κ1) is 16.3. The van der Waals surface area contributed by atoms with E-state index in [1.807, 2.05) is 0 Å². The van der Waals surface area contributed by atoms with E-state index in [2.05, 4.69) is 5.32 Å². The third-order valence-electron chi connectivity index (χ3n) is 3.66. The van der Waals surface area contributed by atoms with Crippen molar-refractivity contribution < 1.29 is 21.6 Å². The predicted molar refractivity (Wildman–Crippen MR) is 74.7 cm³/mol. The van der Waals surface area contributed by atoms with Gasteiger partial charge in [0.1, 0.15) is 0 Å². The summed E-state index contributed by atoms with van der Waals surface area (Å²) in [5.41, 5.74) is -0.301. The van der Waals surface area contributed by atoms with Crippen molar-refractivity contribution in [1.82, 2.24) is 5.32 Å². The van der Waals surface area contributed by atoms with Crippen molar-refractivity contribution in [3.05, 3.63) is 35.9 Å². The Hall–Kier alpha value is -1.08. The lowest BCUT2D eigenvalue weighted by atomic mass is 9.96. The minimum atomic E-state index is -4.32. The smallest absolute Gasteiger partial charge is 0.303 e. The maximum atomic E-state index is 12.8. The van der Waals surface area contributed by atoms with Crippen molar-refractivity contribution in [2.24, 2.45) is 0 Å². The molecule has 2 unspecified atom stereocenters. The highest BCUT2D eigenvalue weighted by Crippen LogP contribution is 2.33. The molecule has 2 rings (SSSR count). The van der Waals surface area contributed by atoms with Gasteiger partial charge < -0.3 is 5.32 Å². The average Bonchev–Trinajstić information content (AvgIpc) is 2.62. The molecule has 1 aliphatic rings. The van der Waals surface area contributed by atoms with Crippen LogP contribution in [0.1, 0.15) is 31.4 Å². The second-order valence-corrected chi connectivity index (χ2v) is 8.01. The molecule has 1 fully saturated rings. The van der Waals surface area contributed by atoms with Crippen LogP contribution in [0.15, 0.2) is 30.3 Å². The maximum absolute atomic E-state index is 12.8. The summed E-state index contributed by atoms with van der Waals surface area (Å²) in [7, 11) is -3.17. The van der Waals surface area contributed by atoms with E-state index in [0.717, 1.165) is 0 Å². The van der Waals surface area contributed by atoms with Crippen LogP contribution in [-0.2, 0) is 9.84 Å². The Bertz CT molecular complexity index is 586. The first-order valence-corrected chi connectivity index (χ1v) is 8.51. The minimum Gasteiger partial charge on any atom is -0.303 e. The number of sulfone groups is 1. The summed E-state index contributed by atoms with van der Waals surface area (Å²) in [6.07, 6.45) is -5.01. The monoisotopic (exact) mass is 321 g/mol. The van der Waals surface area contributed by atoms with E-state index >= 15 is 0 Å². The summed E-state index contributed by atoms with van der Waals surface area (Å²) in [6, 6.07) is 7.38. The van der Waals surface area contributed by atoms with E-state index in [1.165, 1.54) is 0 Å². The molecule has 3 nitrogen and oxygen atoms in total. The zero-order valence-electron chi connectivity index (χ0n) is 11.7. The van der Waals surface area contributed by atoms with Crippen molar-refractivity contribution in [3.63, 3.8) is 0 Å². The Kier molecular flexibility index (Phi) is 4.35. The fourth-order valence-corrected chi connectivity index (χ4v) is 4.82. The molecule has 0 aliphatic carbocycles. The molecule has 21 heavy (non-hydrogen) atoms. The first-order chi connectivity index (χ1) is 9.59. The summed E-state index contributed by atoms with van der Waals surface area (Å²) in [5.74, 6) is -0.106. The van der Waals surface area contributed by atoms with Gasteiger partial charge in [0.2, 0.25) is 0 Å². The molecule has 2 atom stereocenters. The van der Waals surface area contributed by atoms with Gasteiger partial charge in [-0.25, -0.2) is 8.42 Å². The molecule has 118 valence electrons. The van der Waals surface area contributed by atoms with Gasteiger partial charge in [-0.15, -0.1) is 0 Å². The minimum absolute atomic E-state index is 0.0179. The van der Waals surface area contributed by atoms with Gasteiger partial charge in [0.15, 0.2) is 9.84 Å². The Labute approximate surface area is 122 Å². The molecule has 1 N–H and O–H groups in total. The van der Waals surface area contributed by atoms with E-state index in [-0.39, 0.29) is 11.5 Å². The van der Waals surface area contributed by atoms with Gasteiger partial charge >= 0.3 is 6.18 Å². The van der Waals surface area contributed by atoms with Crippen LogP contribution in [0, 0.1) is 0 Å². The molecule has 0 saturated carbocycles. The second kappa shape index (κ2) is 5.61. The second-order valence-electron chi connectivity index (χ2n) is 5.83. The quantitative estimate of drug-likeness (QED) is 0.927. The fraction of sp³-hybridized carbons (Fsp3) is 0.571. The van der Waals surface area contributed by atoms with Gasteiger partial charge in [-0.1, -0.05) is 30.3 Å². The molecule has 1 saturated heterocycles. The van der Waals surface area contributed by atoms with Crippen molar-refractivity contribution in [3.8, 4) is 0 Å². The number of nitrogens with one attached hydrogen (secondary N) is 1. The highest BCUT2D eigenvalue weighted by atomic mass is 32.2. The lowest BCUT2D eigenvalue weighted by molar-refractivity contribution is -0.141. The SMILES string of the molecule is CC1(NC(CC(F)(F)F)c2ccccc2)CCS(=O)(=O)C1. The van der Waals surface area contributed by atoms with Crippen molar-refractivity contribution >= 4 is 9.84 Å². The van der Waals surface area contributed by atoms with E-state index in [9.17, 15) is 21.6 Å². The van der Waals surface area contributed by atoms with E-state index in [4.69, 9.17) is 0 Å². The summed E-state index contributed by atoms with van der Waals surface area (Å²) in [4.78, 5) is 0. The van der Waals surface area contributed by atoms with Crippen LogP contribution in [-0.4, -0.2) is 31.6 Å². The molecule has 1 heterocycles. The summed E-state index contributed by atoms with van der Waals surface area (Å²) < 4.78 is 61.5. The number of benzene rings is 1. The molecule has 7 heteroatoms. The number of alkyl halides is 3. The molecular formula is C14H18F3NO2S. The van der Waals surface area contributed by atoms with Crippen LogP contribution in [0.3, 0.4) is 0 Å². The lowest BCUT2D eigenvalue weighted by Crippen LogP contribution is -2.46. The van der Waals surface area contributed by atoms with Crippen molar-refractivity contribution in [2.75, 3.05) is 11.5 Å². The van der Waals surface area contributed by atoms with Crippen LogP contribution in [0.25, 0.3) is 0 Å². The zero-order valence-corrected chi connectivity index (χ0v) is 12.5. The predicted octanol–water partition coefficient (Wildman–Crippen LogP) is 2.85. The Balaban J connectivity index is 2.21. The zero-order chi connectivity index (χ0) is 15.7. The molecule has 0 amide bonds. The van der Waals surface area contributed by atoms with Crippen molar-refractivity contribution in [2.45, 2.75) is 37.5 Å². The normalized spacial score (nSPS) is 26.7. The number of hydrogen-bond acceptors (Lipinski definition) is 3. The number of hydrogen-bond donors (Lipinski definition) is 1. The van der Waals surface area contributed by atoms with E-state index in [1.54, 1.807) is 37.3 Å². The van der Waals surface area contributed by atoms with Crippen LogP contribution in [0.2, 0.25) is 0 Å². The first-order valence-electron chi connectivity index (χ1n) is 6.68. The highest BCUT2D eigenvalue weighted by molar-refractivity contribution is 7.91. The fourth-order valence-electron chi connectivity index (χ4n) is 2.71. The number of rotatable bonds is 4. The summed E-state index contributed by atoms with van der Waals surface area (Å²) in [6.45, 7) is 1.67.